The smallest absolute Gasteiger partial charge is 0.321 e. The first kappa shape index (κ1) is 18.6. The van der Waals surface area contributed by atoms with Crippen molar-refractivity contribution < 1.29 is 9.59 Å². The van der Waals surface area contributed by atoms with Gasteiger partial charge in [-0.05, 0) is 63.4 Å². The van der Waals surface area contributed by atoms with Crippen molar-refractivity contribution in [1.29, 1.82) is 0 Å². The number of piperidine rings is 1. The summed E-state index contributed by atoms with van der Waals surface area (Å²) < 4.78 is 0. The molecule has 7 heteroatoms. The molecule has 3 saturated heterocycles. The highest BCUT2D eigenvalue weighted by atomic mass is 35.5. The van der Waals surface area contributed by atoms with Crippen LogP contribution in [-0.2, 0) is 4.79 Å². The molecule has 3 aliphatic heterocycles. The van der Waals surface area contributed by atoms with Gasteiger partial charge in [-0.3, -0.25) is 9.69 Å². The van der Waals surface area contributed by atoms with Crippen molar-refractivity contribution in [1.82, 2.24) is 9.80 Å². The van der Waals surface area contributed by atoms with Crippen LogP contribution in [-0.4, -0.2) is 60.5 Å². The topological polar surface area (TPSA) is 55.9 Å². The zero-order valence-electron chi connectivity index (χ0n) is 15.6. The second-order valence-corrected chi connectivity index (χ2v) is 8.14. The number of nitrogens with one attached hydrogen (secondary N) is 1. The number of urea groups is 1. The lowest BCUT2D eigenvalue weighted by molar-refractivity contribution is -0.117. The summed E-state index contributed by atoms with van der Waals surface area (Å²) in [5.74, 6) is 0.106. The lowest BCUT2D eigenvalue weighted by Gasteiger charge is -2.37. The molecule has 0 saturated carbocycles. The molecule has 146 valence electrons. The highest BCUT2D eigenvalue weighted by molar-refractivity contribution is 6.34. The van der Waals surface area contributed by atoms with E-state index < -0.39 is 0 Å². The van der Waals surface area contributed by atoms with Crippen molar-refractivity contribution in [3.63, 3.8) is 0 Å². The predicted molar refractivity (Wildman–Crippen MR) is 107 cm³/mol. The Hall–Kier alpha value is -1.79. The molecule has 0 spiro atoms. The lowest BCUT2D eigenvalue weighted by Crippen LogP contribution is -2.50. The largest absolute Gasteiger partial charge is 0.323 e. The fourth-order valence-electron chi connectivity index (χ4n) is 4.45. The maximum atomic E-state index is 12.7. The van der Waals surface area contributed by atoms with Gasteiger partial charge in [0.15, 0.2) is 0 Å². The molecule has 6 nitrogen and oxygen atoms in total. The summed E-state index contributed by atoms with van der Waals surface area (Å²) in [7, 11) is 0. The molecular formula is C20H27ClN4O2. The number of likely N-dealkylation sites (tertiary alicyclic amines) is 2. The SMILES string of the molecule is O=C(Nc1ccc(N2CCCC2=O)c(Cl)c1)N1CCC[C@H](N2CCCC2)C1. The van der Waals surface area contributed by atoms with Gasteiger partial charge in [0, 0.05) is 37.8 Å². The Kier molecular flexibility index (Phi) is 5.55. The summed E-state index contributed by atoms with van der Waals surface area (Å²) in [6.07, 6.45) is 6.20. The third kappa shape index (κ3) is 4.06. The molecule has 0 aliphatic carbocycles. The summed E-state index contributed by atoms with van der Waals surface area (Å²) in [5, 5.41) is 3.47. The summed E-state index contributed by atoms with van der Waals surface area (Å²) in [6, 6.07) is 5.80. The Morgan fingerprint density at radius 2 is 1.89 bits per heavy atom. The zero-order valence-corrected chi connectivity index (χ0v) is 16.4. The van der Waals surface area contributed by atoms with Crippen molar-refractivity contribution in [3.8, 4) is 0 Å². The van der Waals surface area contributed by atoms with E-state index in [0.29, 0.717) is 29.7 Å². The average molecular weight is 391 g/mol. The van der Waals surface area contributed by atoms with Gasteiger partial charge in [-0.1, -0.05) is 11.6 Å². The Bertz CT molecular complexity index is 720. The molecular weight excluding hydrogens is 364 g/mol. The molecule has 3 aliphatic rings. The summed E-state index contributed by atoms with van der Waals surface area (Å²) in [4.78, 5) is 30.8. The van der Waals surface area contributed by atoms with Gasteiger partial charge in [0.2, 0.25) is 5.91 Å². The summed E-state index contributed by atoms with van der Waals surface area (Å²) in [6.45, 7) is 4.61. The van der Waals surface area contributed by atoms with E-state index in [0.717, 1.165) is 44.7 Å². The number of hydrogen-bond donors (Lipinski definition) is 1. The first-order valence-electron chi connectivity index (χ1n) is 10.0. The second kappa shape index (κ2) is 8.07. The minimum absolute atomic E-state index is 0.0695. The van der Waals surface area contributed by atoms with Crippen LogP contribution < -0.4 is 10.2 Å². The van der Waals surface area contributed by atoms with E-state index >= 15 is 0 Å². The number of amides is 3. The third-order valence-electron chi connectivity index (χ3n) is 5.90. The first-order chi connectivity index (χ1) is 13.1. The van der Waals surface area contributed by atoms with Gasteiger partial charge in [-0.15, -0.1) is 0 Å². The van der Waals surface area contributed by atoms with E-state index in [1.54, 1.807) is 11.0 Å². The van der Waals surface area contributed by atoms with Gasteiger partial charge < -0.3 is 15.1 Å². The molecule has 0 aromatic heterocycles. The monoisotopic (exact) mass is 390 g/mol. The number of carbonyl (C=O) groups is 2. The number of carbonyl (C=O) groups excluding carboxylic acids is 2. The quantitative estimate of drug-likeness (QED) is 0.858. The minimum Gasteiger partial charge on any atom is -0.323 e. The van der Waals surface area contributed by atoms with Gasteiger partial charge in [-0.25, -0.2) is 4.79 Å². The number of halogens is 1. The Morgan fingerprint density at radius 3 is 2.59 bits per heavy atom. The third-order valence-corrected chi connectivity index (χ3v) is 6.21. The maximum Gasteiger partial charge on any atom is 0.321 e. The van der Waals surface area contributed by atoms with Gasteiger partial charge >= 0.3 is 6.03 Å². The van der Waals surface area contributed by atoms with Crippen molar-refractivity contribution in [2.75, 3.05) is 42.9 Å². The number of hydrogen-bond acceptors (Lipinski definition) is 3. The molecule has 0 radical (unpaired) electrons. The molecule has 0 bridgehead atoms. The zero-order chi connectivity index (χ0) is 18.8. The van der Waals surface area contributed by atoms with Crippen LogP contribution in [0.5, 0.6) is 0 Å². The number of benzene rings is 1. The van der Waals surface area contributed by atoms with Gasteiger partial charge in [-0.2, -0.15) is 0 Å². The molecule has 3 fully saturated rings. The number of rotatable bonds is 3. The fourth-order valence-corrected chi connectivity index (χ4v) is 4.74. The molecule has 1 N–H and O–H groups in total. The molecule has 27 heavy (non-hydrogen) atoms. The molecule has 3 amide bonds. The first-order valence-corrected chi connectivity index (χ1v) is 10.4. The predicted octanol–water partition coefficient (Wildman–Crippen LogP) is 3.56. The van der Waals surface area contributed by atoms with Crippen LogP contribution in [0.4, 0.5) is 16.2 Å². The Balaban J connectivity index is 1.38. The highest BCUT2D eigenvalue weighted by Gasteiger charge is 2.29. The maximum absolute atomic E-state index is 12.7. The normalized spacial score (nSPS) is 23.9. The van der Waals surface area contributed by atoms with E-state index in [1.165, 1.54) is 19.3 Å². The average Bonchev–Trinajstić information content (AvgIpc) is 3.34. The summed E-state index contributed by atoms with van der Waals surface area (Å²) in [5.41, 5.74) is 1.40. The van der Waals surface area contributed by atoms with Crippen molar-refractivity contribution >= 4 is 34.9 Å². The fraction of sp³-hybridized carbons (Fsp3) is 0.600. The van der Waals surface area contributed by atoms with E-state index in [1.807, 2.05) is 17.0 Å². The van der Waals surface area contributed by atoms with E-state index in [4.69, 9.17) is 11.6 Å². The van der Waals surface area contributed by atoms with Crippen LogP contribution in [0.3, 0.4) is 0 Å². The number of anilines is 2. The Labute approximate surface area is 165 Å². The lowest BCUT2D eigenvalue weighted by atomic mass is 10.0. The van der Waals surface area contributed by atoms with Gasteiger partial charge in [0.25, 0.3) is 0 Å². The molecule has 3 heterocycles. The second-order valence-electron chi connectivity index (χ2n) is 7.73. The number of nitrogens with zero attached hydrogens (tertiary/aromatic N) is 3. The standard InChI is InChI=1S/C20H27ClN4O2/c21-17-13-15(7-8-18(17)25-12-4-6-19(25)26)22-20(27)24-11-3-5-16(14-24)23-9-1-2-10-23/h7-8,13,16H,1-6,9-12,14H2,(H,22,27)/t16-/m0/s1. The van der Waals surface area contributed by atoms with Crippen LogP contribution in [0.2, 0.25) is 5.02 Å². The molecule has 0 unspecified atom stereocenters. The van der Waals surface area contributed by atoms with Crippen LogP contribution in [0.1, 0.15) is 38.5 Å². The minimum atomic E-state index is -0.0695. The van der Waals surface area contributed by atoms with Crippen LogP contribution in [0.25, 0.3) is 0 Å². The van der Waals surface area contributed by atoms with Crippen LogP contribution in [0.15, 0.2) is 18.2 Å². The van der Waals surface area contributed by atoms with E-state index in [2.05, 4.69) is 10.2 Å². The van der Waals surface area contributed by atoms with Crippen LogP contribution >= 0.6 is 11.6 Å². The van der Waals surface area contributed by atoms with Gasteiger partial charge in [0.1, 0.15) is 0 Å². The summed E-state index contributed by atoms with van der Waals surface area (Å²) >= 11 is 6.39. The van der Waals surface area contributed by atoms with E-state index in [-0.39, 0.29) is 11.9 Å². The van der Waals surface area contributed by atoms with Crippen molar-refractivity contribution in [3.05, 3.63) is 23.2 Å². The van der Waals surface area contributed by atoms with E-state index in [9.17, 15) is 9.59 Å². The van der Waals surface area contributed by atoms with Gasteiger partial charge in [0.05, 0.1) is 10.7 Å². The van der Waals surface area contributed by atoms with Crippen molar-refractivity contribution in [2.45, 2.75) is 44.6 Å². The molecule has 1 aromatic carbocycles. The molecule has 4 rings (SSSR count). The highest BCUT2D eigenvalue weighted by Crippen LogP contribution is 2.32. The molecule has 1 aromatic rings. The van der Waals surface area contributed by atoms with Crippen molar-refractivity contribution in [2.24, 2.45) is 0 Å². The van der Waals surface area contributed by atoms with Crippen LogP contribution in [0, 0.1) is 0 Å². The Morgan fingerprint density at radius 1 is 1.07 bits per heavy atom. The molecule has 1 atom stereocenters.